The molecule has 4 nitrogen and oxygen atoms in total. The number of rotatable bonds is 6. The summed E-state index contributed by atoms with van der Waals surface area (Å²) in [6.45, 7) is 6.14. The fourth-order valence-electron chi connectivity index (χ4n) is 1.43. The predicted molar refractivity (Wildman–Crippen MR) is 66.8 cm³/mol. The van der Waals surface area contributed by atoms with Crippen LogP contribution in [0.4, 0.5) is 0 Å². The van der Waals surface area contributed by atoms with E-state index in [1.165, 1.54) is 0 Å². The summed E-state index contributed by atoms with van der Waals surface area (Å²) in [7, 11) is 0. The number of aryl methyl sites for hydroxylation is 1. The Morgan fingerprint density at radius 2 is 2.06 bits per heavy atom. The van der Waals surface area contributed by atoms with Crippen LogP contribution in [-0.2, 0) is 0 Å². The summed E-state index contributed by atoms with van der Waals surface area (Å²) in [6.07, 6.45) is 2.34. The number of nitrogens with zero attached hydrogens (tertiary/aromatic N) is 2. The van der Waals surface area contributed by atoms with Crippen LogP contribution in [0.25, 0.3) is 0 Å². The lowest BCUT2D eigenvalue weighted by Crippen LogP contribution is -2.10. The zero-order chi connectivity index (χ0) is 12.8. The first-order valence-corrected chi connectivity index (χ1v) is 6.18. The van der Waals surface area contributed by atoms with Crippen molar-refractivity contribution >= 4 is 17.4 Å². The number of carbonyl (C=O) groups is 1. The number of carbonyl (C=O) groups excluding carboxylic acids is 1. The molecular weight excluding hydrogens is 240 g/mol. The third kappa shape index (κ3) is 3.66. The second kappa shape index (κ2) is 6.55. The molecule has 0 bridgehead atoms. The molecule has 0 spiro atoms. The molecule has 0 radical (unpaired) electrons. The smallest absolute Gasteiger partial charge is 0.229 e. The highest BCUT2D eigenvalue weighted by Gasteiger charge is 2.18. The number of hydrogen-bond acceptors (Lipinski definition) is 4. The Morgan fingerprint density at radius 1 is 1.35 bits per heavy atom. The molecule has 0 atom stereocenters. The predicted octanol–water partition coefficient (Wildman–Crippen LogP) is 3.21. The van der Waals surface area contributed by atoms with Gasteiger partial charge in [-0.2, -0.15) is 4.98 Å². The average Bonchev–Trinajstić information content (AvgIpc) is 2.28. The maximum absolute atomic E-state index is 11.8. The molecule has 17 heavy (non-hydrogen) atoms. The van der Waals surface area contributed by atoms with Gasteiger partial charge in [-0.3, -0.25) is 4.79 Å². The van der Waals surface area contributed by atoms with E-state index in [2.05, 4.69) is 16.9 Å². The fourth-order valence-corrected chi connectivity index (χ4v) is 1.63. The number of halogens is 1. The van der Waals surface area contributed by atoms with Crippen LogP contribution in [0.5, 0.6) is 5.88 Å². The molecule has 5 heteroatoms. The normalized spacial score (nSPS) is 10.4. The molecule has 0 aromatic carbocycles. The van der Waals surface area contributed by atoms with E-state index in [0.717, 1.165) is 12.8 Å². The number of hydrogen-bond donors (Lipinski definition) is 0. The second-order valence-corrected chi connectivity index (χ2v) is 4.08. The van der Waals surface area contributed by atoms with Crippen LogP contribution in [-0.4, -0.2) is 22.4 Å². The van der Waals surface area contributed by atoms with Crippen LogP contribution >= 0.6 is 11.6 Å². The Hall–Kier alpha value is -1.16. The quantitative estimate of drug-likeness (QED) is 0.446. The van der Waals surface area contributed by atoms with E-state index >= 15 is 0 Å². The van der Waals surface area contributed by atoms with Crippen LogP contribution in [0.15, 0.2) is 0 Å². The lowest BCUT2D eigenvalue weighted by Gasteiger charge is -2.11. The van der Waals surface area contributed by atoms with E-state index in [4.69, 9.17) is 16.3 Å². The SMILES string of the molecule is CCCCOc1nc(Cl)nc(C)c1C(=O)CC. The molecular formula is C12H17ClN2O2. The minimum absolute atomic E-state index is 0.0225. The molecule has 94 valence electrons. The zero-order valence-corrected chi connectivity index (χ0v) is 11.2. The van der Waals surface area contributed by atoms with Gasteiger partial charge in [-0.05, 0) is 24.9 Å². The van der Waals surface area contributed by atoms with Crippen molar-refractivity contribution in [1.29, 1.82) is 0 Å². The summed E-state index contributed by atoms with van der Waals surface area (Å²) in [5.41, 5.74) is 1.02. The fraction of sp³-hybridized carbons (Fsp3) is 0.583. The molecule has 0 amide bonds. The van der Waals surface area contributed by atoms with Crippen molar-refractivity contribution in [2.45, 2.75) is 40.0 Å². The van der Waals surface area contributed by atoms with Crippen molar-refractivity contribution in [3.8, 4) is 5.88 Å². The van der Waals surface area contributed by atoms with Crippen molar-refractivity contribution in [3.05, 3.63) is 16.5 Å². The standard InChI is InChI=1S/C12H17ClN2O2/c1-4-6-7-17-11-10(9(16)5-2)8(3)14-12(13)15-11/h4-7H2,1-3H3. The van der Waals surface area contributed by atoms with Crippen LogP contribution in [0.1, 0.15) is 49.2 Å². The van der Waals surface area contributed by atoms with Crippen LogP contribution in [0.2, 0.25) is 5.28 Å². The Kier molecular flexibility index (Phi) is 5.35. The van der Waals surface area contributed by atoms with Crippen molar-refractivity contribution < 1.29 is 9.53 Å². The summed E-state index contributed by atoms with van der Waals surface area (Å²) in [6, 6.07) is 0. The van der Waals surface area contributed by atoms with E-state index in [-0.39, 0.29) is 11.1 Å². The van der Waals surface area contributed by atoms with Gasteiger partial charge >= 0.3 is 0 Å². The van der Waals surface area contributed by atoms with Crippen molar-refractivity contribution in [3.63, 3.8) is 0 Å². The highest BCUT2D eigenvalue weighted by Crippen LogP contribution is 2.22. The first kappa shape index (κ1) is 13.9. The molecule has 0 fully saturated rings. The Morgan fingerprint density at radius 3 is 2.65 bits per heavy atom. The highest BCUT2D eigenvalue weighted by molar-refractivity contribution is 6.28. The van der Waals surface area contributed by atoms with Gasteiger partial charge in [0.1, 0.15) is 5.56 Å². The summed E-state index contributed by atoms with van der Waals surface area (Å²) in [4.78, 5) is 19.8. The Balaban J connectivity index is 3.02. The molecule has 0 N–H and O–H groups in total. The van der Waals surface area contributed by atoms with Gasteiger partial charge in [-0.25, -0.2) is 4.98 Å². The largest absolute Gasteiger partial charge is 0.477 e. The van der Waals surface area contributed by atoms with Gasteiger partial charge in [-0.1, -0.05) is 20.3 Å². The third-order valence-electron chi connectivity index (χ3n) is 2.37. The van der Waals surface area contributed by atoms with Crippen molar-refractivity contribution in [1.82, 2.24) is 9.97 Å². The first-order chi connectivity index (χ1) is 8.10. The van der Waals surface area contributed by atoms with Crippen molar-refractivity contribution in [2.75, 3.05) is 6.61 Å². The Bertz CT molecular complexity index is 408. The third-order valence-corrected chi connectivity index (χ3v) is 2.54. The minimum atomic E-state index is -0.0225. The molecule has 1 aromatic heterocycles. The molecule has 1 aromatic rings. The van der Waals surface area contributed by atoms with E-state index < -0.39 is 0 Å². The van der Waals surface area contributed by atoms with Gasteiger partial charge in [-0.15, -0.1) is 0 Å². The number of ketones is 1. The van der Waals surface area contributed by atoms with E-state index in [0.29, 0.717) is 30.2 Å². The highest BCUT2D eigenvalue weighted by atomic mass is 35.5. The van der Waals surface area contributed by atoms with Gasteiger partial charge in [0, 0.05) is 6.42 Å². The molecule has 0 aliphatic heterocycles. The van der Waals surface area contributed by atoms with Crippen molar-refractivity contribution in [2.24, 2.45) is 0 Å². The molecule has 0 saturated carbocycles. The zero-order valence-electron chi connectivity index (χ0n) is 10.4. The average molecular weight is 257 g/mol. The van der Waals surface area contributed by atoms with Crippen LogP contribution in [0, 0.1) is 6.92 Å². The summed E-state index contributed by atoms with van der Waals surface area (Å²) in [5, 5.41) is 0.113. The summed E-state index contributed by atoms with van der Waals surface area (Å²) >= 11 is 5.77. The summed E-state index contributed by atoms with van der Waals surface area (Å²) < 4.78 is 5.51. The lowest BCUT2D eigenvalue weighted by molar-refractivity contribution is 0.0982. The van der Waals surface area contributed by atoms with Crippen LogP contribution in [0.3, 0.4) is 0 Å². The van der Waals surface area contributed by atoms with Crippen LogP contribution < -0.4 is 4.74 Å². The van der Waals surface area contributed by atoms with Gasteiger partial charge in [0.15, 0.2) is 5.78 Å². The number of aromatic nitrogens is 2. The van der Waals surface area contributed by atoms with E-state index in [1.54, 1.807) is 13.8 Å². The second-order valence-electron chi connectivity index (χ2n) is 3.74. The molecule has 0 unspecified atom stereocenters. The van der Waals surface area contributed by atoms with Gasteiger partial charge in [0.2, 0.25) is 11.2 Å². The molecule has 1 heterocycles. The number of unbranched alkanes of at least 4 members (excludes halogenated alkanes) is 1. The number of ether oxygens (including phenoxy) is 1. The topological polar surface area (TPSA) is 52.1 Å². The molecule has 0 aliphatic carbocycles. The van der Waals surface area contributed by atoms with Gasteiger partial charge < -0.3 is 4.74 Å². The summed E-state index contributed by atoms with van der Waals surface area (Å²) in [5.74, 6) is 0.286. The maximum atomic E-state index is 11.8. The molecule has 0 aliphatic rings. The maximum Gasteiger partial charge on any atom is 0.229 e. The van der Waals surface area contributed by atoms with Gasteiger partial charge in [0.25, 0.3) is 0 Å². The van der Waals surface area contributed by atoms with E-state index in [1.807, 2.05) is 0 Å². The first-order valence-electron chi connectivity index (χ1n) is 5.80. The lowest BCUT2D eigenvalue weighted by atomic mass is 10.1. The molecule has 0 saturated heterocycles. The Labute approximate surface area is 106 Å². The van der Waals surface area contributed by atoms with Gasteiger partial charge in [0.05, 0.1) is 12.3 Å². The van der Waals surface area contributed by atoms with E-state index in [9.17, 15) is 4.79 Å². The number of Topliss-reactive ketones (excluding diaryl/α,β-unsaturated/α-hetero) is 1. The monoisotopic (exact) mass is 256 g/mol. The molecule has 1 rings (SSSR count). The minimum Gasteiger partial charge on any atom is -0.477 e.